The topological polar surface area (TPSA) is 37.8 Å². The molecule has 0 spiro atoms. The highest BCUT2D eigenvalue weighted by Gasteiger charge is 2.20. The Hall–Kier alpha value is -0.610. The minimum absolute atomic E-state index is 0.742. The number of aryl methyl sites for hydroxylation is 1. The second-order valence-corrected chi connectivity index (χ2v) is 7.08. The molecular formula is C15H23N3S. The number of hydrogen-bond donors (Lipinski definition) is 1. The largest absolute Gasteiger partial charge is 0.308 e. The van der Waals surface area contributed by atoms with Crippen molar-refractivity contribution in [3.63, 3.8) is 0 Å². The average Bonchev–Trinajstić information content (AvgIpc) is 3.08. The van der Waals surface area contributed by atoms with Crippen LogP contribution < -0.4 is 5.32 Å². The molecule has 1 aromatic rings. The Morgan fingerprint density at radius 1 is 1.21 bits per heavy atom. The molecule has 2 aliphatic rings. The van der Waals surface area contributed by atoms with Crippen molar-refractivity contribution in [3.05, 3.63) is 23.3 Å². The van der Waals surface area contributed by atoms with Crippen molar-refractivity contribution in [2.24, 2.45) is 0 Å². The van der Waals surface area contributed by atoms with E-state index in [4.69, 9.17) is 4.98 Å². The molecule has 0 saturated heterocycles. The van der Waals surface area contributed by atoms with Crippen molar-refractivity contribution < 1.29 is 0 Å². The van der Waals surface area contributed by atoms with E-state index in [0.29, 0.717) is 0 Å². The average molecular weight is 277 g/mol. The minimum Gasteiger partial charge on any atom is -0.308 e. The van der Waals surface area contributed by atoms with Crippen LogP contribution in [0.3, 0.4) is 0 Å². The summed E-state index contributed by atoms with van der Waals surface area (Å²) >= 11 is 2.05. The summed E-state index contributed by atoms with van der Waals surface area (Å²) in [6.07, 6.45) is 8.23. The van der Waals surface area contributed by atoms with Gasteiger partial charge in [-0.15, -0.1) is 0 Å². The van der Waals surface area contributed by atoms with E-state index in [-0.39, 0.29) is 0 Å². The normalized spacial score (nSPS) is 20.1. The van der Waals surface area contributed by atoms with E-state index in [9.17, 15) is 0 Å². The van der Waals surface area contributed by atoms with Gasteiger partial charge >= 0.3 is 0 Å². The standard InChI is InChI=1S/C15H23N3S/c1-11-8-13(9-16-12-6-7-12)18-15(17-11)10-19-14-4-2-3-5-14/h8,12,14,16H,2-7,9-10H2,1H3. The lowest BCUT2D eigenvalue weighted by molar-refractivity contribution is 0.668. The first-order chi connectivity index (χ1) is 9.29. The molecule has 0 atom stereocenters. The summed E-state index contributed by atoms with van der Waals surface area (Å²) in [7, 11) is 0. The molecule has 2 fully saturated rings. The highest BCUT2D eigenvalue weighted by atomic mass is 32.2. The molecule has 0 unspecified atom stereocenters. The van der Waals surface area contributed by atoms with Gasteiger partial charge in [0.1, 0.15) is 5.82 Å². The summed E-state index contributed by atoms with van der Waals surface area (Å²) in [6.45, 7) is 2.97. The van der Waals surface area contributed by atoms with Crippen LogP contribution in [0.4, 0.5) is 0 Å². The lowest BCUT2D eigenvalue weighted by atomic mass is 10.3. The summed E-state index contributed by atoms with van der Waals surface area (Å²) in [5.41, 5.74) is 2.26. The quantitative estimate of drug-likeness (QED) is 0.866. The third-order valence-corrected chi connectivity index (χ3v) is 5.22. The van der Waals surface area contributed by atoms with Crippen molar-refractivity contribution >= 4 is 11.8 Å². The number of thioether (sulfide) groups is 1. The van der Waals surface area contributed by atoms with Gasteiger partial charge in [0.25, 0.3) is 0 Å². The number of hydrogen-bond acceptors (Lipinski definition) is 4. The molecule has 0 amide bonds. The Labute approximate surface area is 120 Å². The number of rotatable bonds is 6. The smallest absolute Gasteiger partial charge is 0.138 e. The molecule has 104 valence electrons. The van der Waals surface area contributed by atoms with Gasteiger partial charge in [0.2, 0.25) is 0 Å². The molecule has 0 aliphatic heterocycles. The first-order valence-electron chi connectivity index (χ1n) is 7.48. The summed E-state index contributed by atoms with van der Waals surface area (Å²) in [6, 6.07) is 2.85. The van der Waals surface area contributed by atoms with Gasteiger partial charge < -0.3 is 5.32 Å². The Balaban J connectivity index is 1.56. The van der Waals surface area contributed by atoms with Gasteiger partial charge in [-0.2, -0.15) is 11.8 Å². The van der Waals surface area contributed by atoms with E-state index < -0.39 is 0 Å². The minimum atomic E-state index is 0.742. The number of aromatic nitrogens is 2. The van der Waals surface area contributed by atoms with Crippen LogP contribution in [0, 0.1) is 6.92 Å². The summed E-state index contributed by atoms with van der Waals surface area (Å²) < 4.78 is 0. The van der Waals surface area contributed by atoms with Crippen molar-refractivity contribution in [3.8, 4) is 0 Å². The lowest BCUT2D eigenvalue weighted by Gasteiger charge is -2.10. The van der Waals surface area contributed by atoms with Crippen LogP contribution in [0.2, 0.25) is 0 Å². The summed E-state index contributed by atoms with van der Waals surface area (Å²) in [5.74, 6) is 1.99. The van der Waals surface area contributed by atoms with Crippen molar-refractivity contribution in [2.75, 3.05) is 0 Å². The zero-order valence-electron chi connectivity index (χ0n) is 11.7. The second-order valence-electron chi connectivity index (χ2n) is 5.79. The van der Waals surface area contributed by atoms with Crippen molar-refractivity contribution in [1.29, 1.82) is 0 Å². The third kappa shape index (κ3) is 4.18. The van der Waals surface area contributed by atoms with E-state index >= 15 is 0 Å². The van der Waals surface area contributed by atoms with Gasteiger partial charge in [-0.3, -0.25) is 0 Å². The van der Waals surface area contributed by atoms with Gasteiger partial charge in [0, 0.05) is 23.5 Å². The molecule has 3 nitrogen and oxygen atoms in total. The first-order valence-corrected chi connectivity index (χ1v) is 8.53. The van der Waals surface area contributed by atoms with Crippen molar-refractivity contribution in [2.45, 2.75) is 69.0 Å². The molecule has 2 saturated carbocycles. The fraction of sp³-hybridized carbons (Fsp3) is 0.733. The molecular weight excluding hydrogens is 254 g/mol. The highest BCUT2D eigenvalue weighted by molar-refractivity contribution is 7.99. The van der Waals surface area contributed by atoms with Gasteiger partial charge in [-0.25, -0.2) is 9.97 Å². The molecule has 0 radical (unpaired) electrons. The van der Waals surface area contributed by atoms with Crippen LogP contribution in [0.25, 0.3) is 0 Å². The van der Waals surface area contributed by atoms with E-state index in [1.807, 2.05) is 11.8 Å². The Bertz CT molecular complexity index is 425. The molecule has 1 aromatic heterocycles. The van der Waals surface area contributed by atoms with Gasteiger partial charge in [-0.05, 0) is 38.7 Å². The van der Waals surface area contributed by atoms with E-state index in [2.05, 4.69) is 23.3 Å². The Morgan fingerprint density at radius 3 is 2.74 bits per heavy atom. The molecule has 2 aliphatic carbocycles. The molecule has 0 aromatic carbocycles. The fourth-order valence-corrected chi connectivity index (χ4v) is 3.82. The van der Waals surface area contributed by atoms with Gasteiger partial charge in [0.05, 0.1) is 11.4 Å². The maximum atomic E-state index is 4.70. The monoisotopic (exact) mass is 277 g/mol. The van der Waals surface area contributed by atoms with Crippen LogP contribution in [-0.2, 0) is 12.3 Å². The van der Waals surface area contributed by atoms with Crippen LogP contribution in [0.15, 0.2) is 6.07 Å². The molecule has 0 bridgehead atoms. The third-order valence-electron chi connectivity index (χ3n) is 3.85. The Morgan fingerprint density at radius 2 is 2.00 bits per heavy atom. The molecule has 1 heterocycles. The van der Waals surface area contributed by atoms with Gasteiger partial charge in [-0.1, -0.05) is 12.8 Å². The SMILES string of the molecule is Cc1cc(CNC2CC2)nc(CSC2CCCC2)n1. The van der Waals surface area contributed by atoms with Crippen LogP contribution in [-0.4, -0.2) is 21.3 Å². The fourth-order valence-electron chi connectivity index (χ4n) is 2.64. The maximum Gasteiger partial charge on any atom is 0.138 e. The summed E-state index contributed by atoms with van der Waals surface area (Å²) in [5, 5.41) is 4.37. The lowest BCUT2D eigenvalue weighted by Crippen LogP contribution is -2.17. The summed E-state index contributed by atoms with van der Waals surface area (Å²) in [4.78, 5) is 9.28. The predicted octanol–water partition coefficient (Wildman–Crippen LogP) is 3.21. The first kappa shape index (κ1) is 13.4. The predicted molar refractivity (Wildman–Crippen MR) is 80.2 cm³/mol. The molecule has 4 heteroatoms. The van der Waals surface area contributed by atoms with Crippen molar-refractivity contribution in [1.82, 2.24) is 15.3 Å². The van der Waals surface area contributed by atoms with Crippen LogP contribution in [0.1, 0.15) is 55.7 Å². The van der Waals surface area contributed by atoms with Crippen LogP contribution in [0.5, 0.6) is 0 Å². The molecule has 3 rings (SSSR count). The number of nitrogens with one attached hydrogen (secondary N) is 1. The zero-order valence-corrected chi connectivity index (χ0v) is 12.5. The highest BCUT2D eigenvalue weighted by Crippen LogP contribution is 2.31. The Kier molecular flexibility index (Phi) is 4.38. The zero-order chi connectivity index (χ0) is 13.1. The molecule has 19 heavy (non-hydrogen) atoms. The molecule has 1 N–H and O–H groups in total. The second kappa shape index (κ2) is 6.23. The maximum absolute atomic E-state index is 4.70. The van der Waals surface area contributed by atoms with E-state index in [1.54, 1.807) is 0 Å². The van der Waals surface area contributed by atoms with E-state index in [0.717, 1.165) is 40.8 Å². The van der Waals surface area contributed by atoms with Gasteiger partial charge in [0.15, 0.2) is 0 Å². The van der Waals surface area contributed by atoms with Crippen LogP contribution >= 0.6 is 11.8 Å². The van der Waals surface area contributed by atoms with E-state index in [1.165, 1.54) is 38.5 Å². The number of nitrogens with zero attached hydrogens (tertiary/aromatic N) is 2.